The molecule has 0 heterocycles. The summed E-state index contributed by atoms with van der Waals surface area (Å²) in [5.41, 5.74) is 7.54. The van der Waals surface area contributed by atoms with E-state index in [-0.39, 0.29) is 0 Å². The van der Waals surface area contributed by atoms with Gasteiger partial charge in [0.1, 0.15) is 5.75 Å². The number of hydrogen-bond acceptors (Lipinski definition) is 2. The molecule has 0 aliphatic heterocycles. The Labute approximate surface area is 117 Å². The van der Waals surface area contributed by atoms with Crippen LogP contribution < -0.4 is 10.5 Å². The first kappa shape index (κ1) is 12.5. The van der Waals surface area contributed by atoms with E-state index in [2.05, 4.69) is 31.9 Å². The summed E-state index contributed by atoms with van der Waals surface area (Å²) in [6, 6.07) is 11.4. The second-order valence-electron chi connectivity index (χ2n) is 3.69. The molecular weight excluding hydrogens is 346 g/mol. The van der Waals surface area contributed by atoms with Gasteiger partial charge in [0.15, 0.2) is 5.75 Å². The van der Waals surface area contributed by atoms with Gasteiger partial charge in [0.25, 0.3) is 0 Å². The lowest BCUT2D eigenvalue weighted by Gasteiger charge is -2.11. The minimum Gasteiger partial charge on any atom is -0.455 e. The molecule has 2 rings (SSSR count). The van der Waals surface area contributed by atoms with Crippen molar-refractivity contribution in [3.63, 3.8) is 0 Å². The van der Waals surface area contributed by atoms with Crippen molar-refractivity contribution >= 4 is 37.5 Å². The van der Waals surface area contributed by atoms with Crippen molar-refractivity contribution in [3.05, 3.63) is 50.9 Å². The monoisotopic (exact) mass is 355 g/mol. The molecule has 0 radical (unpaired) electrons. The van der Waals surface area contributed by atoms with Gasteiger partial charge in [-0.3, -0.25) is 0 Å². The zero-order valence-corrected chi connectivity index (χ0v) is 12.4. The van der Waals surface area contributed by atoms with Gasteiger partial charge in [-0.15, -0.1) is 0 Å². The standard InChI is InChI=1S/C13H11Br2NO/c1-8-6-9(14)3-5-12(8)17-13-7-10(15)2-4-11(13)16/h2-7H,16H2,1H3. The Hall–Kier alpha value is -1.00. The molecule has 2 aromatic carbocycles. The molecule has 2 N–H and O–H groups in total. The first-order valence-corrected chi connectivity index (χ1v) is 6.64. The van der Waals surface area contributed by atoms with Gasteiger partial charge in [-0.05, 0) is 48.9 Å². The Morgan fingerprint density at radius 3 is 2.29 bits per heavy atom. The van der Waals surface area contributed by atoms with Crippen molar-refractivity contribution in [1.82, 2.24) is 0 Å². The average molecular weight is 357 g/mol. The Balaban J connectivity index is 2.34. The zero-order valence-electron chi connectivity index (χ0n) is 9.21. The van der Waals surface area contributed by atoms with Crippen LogP contribution in [0.25, 0.3) is 0 Å². The highest BCUT2D eigenvalue weighted by molar-refractivity contribution is 9.10. The van der Waals surface area contributed by atoms with Gasteiger partial charge in [0, 0.05) is 8.95 Å². The number of benzene rings is 2. The van der Waals surface area contributed by atoms with Crippen LogP contribution in [0.1, 0.15) is 5.56 Å². The van der Waals surface area contributed by atoms with Crippen molar-refractivity contribution in [2.24, 2.45) is 0 Å². The van der Waals surface area contributed by atoms with E-state index in [4.69, 9.17) is 10.5 Å². The molecule has 2 aromatic rings. The van der Waals surface area contributed by atoms with Crippen molar-refractivity contribution < 1.29 is 4.74 Å². The highest BCUT2D eigenvalue weighted by Gasteiger charge is 2.05. The summed E-state index contributed by atoms with van der Waals surface area (Å²) in [5, 5.41) is 0. The van der Waals surface area contributed by atoms with Crippen LogP contribution in [0.3, 0.4) is 0 Å². The quantitative estimate of drug-likeness (QED) is 0.777. The fraction of sp³-hybridized carbons (Fsp3) is 0.0769. The first-order valence-electron chi connectivity index (χ1n) is 5.05. The number of nitrogen functional groups attached to an aromatic ring is 1. The summed E-state index contributed by atoms with van der Waals surface area (Å²) < 4.78 is 7.77. The Morgan fingerprint density at radius 2 is 1.59 bits per heavy atom. The van der Waals surface area contributed by atoms with Gasteiger partial charge in [0.2, 0.25) is 0 Å². The van der Waals surface area contributed by atoms with Gasteiger partial charge in [0.05, 0.1) is 5.69 Å². The van der Waals surface area contributed by atoms with Gasteiger partial charge < -0.3 is 10.5 Å². The second kappa shape index (κ2) is 5.10. The molecule has 0 spiro atoms. The minimum absolute atomic E-state index is 0.621. The zero-order chi connectivity index (χ0) is 12.4. The SMILES string of the molecule is Cc1cc(Br)ccc1Oc1cc(Br)ccc1N. The lowest BCUT2D eigenvalue weighted by Crippen LogP contribution is -1.93. The van der Waals surface area contributed by atoms with Gasteiger partial charge >= 0.3 is 0 Å². The molecule has 0 atom stereocenters. The fourth-order valence-electron chi connectivity index (χ4n) is 1.44. The number of halogens is 2. The van der Waals surface area contributed by atoms with E-state index < -0.39 is 0 Å². The number of ether oxygens (including phenoxy) is 1. The second-order valence-corrected chi connectivity index (χ2v) is 5.53. The first-order chi connectivity index (χ1) is 8.06. The molecule has 4 heteroatoms. The number of rotatable bonds is 2. The maximum atomic E-state index is 5.86. The highest BCUT2D eigenvalue weighted by atomic mass is 79.9. The molecule has 0 unspecified atom stereocenters. The Morgan fingerprint density at radius 1 is 0.941 bits per heavy atom. The lowest BCUT2D eigenvalue weighted by molar-refractivity contribution is 0.481. The summed E-state index contributed by atoms with van der Waals surface area (Å²) >= 11 is 6.82. The minimum atomic E-state index is 0.621. The molecule has 0 bridgehead atoms. The van der Waals surface area contributed by atoms with Crippen LogP contribution in [0.5, 0.6) is 11.5 Å². The van der Waals surface area contributed by atoms with Gasteiger partial charge in [-0.1, -0.05) is 31.9 Å². The number of hydrogen-bond donors (Lipinski definition) is 1. The summed E-state index contributed by atoms with van der Waals surface area (Å²) in [7, 11) is 0. The maximum Gasteiger partial charge on any atom is 0.151 e. The molecule has 0 aliphatic rings. The van der Waals surface area contributed by atoms with E-state index >= 15 is 0 Å². The smallest absolute Gasteiger partial charge is 0.151 e. The molecule has 0 aromatic heterocycles. The van der Waals surface area contributed by atoms with Crippen molar-refractivity contribution in [1.29, 1.82) is 0 Å². The van der Waals surface area contributed by atoms with Gasteiger partial charge in [-0.25, -0.2) is 0 Å². The number of aryl methyl sites for hydroxylation is 1. The van der Waals surface area contributed by atoms with Crippen LogP contribution >= 0.6 is 31.9 Å². The topological polar surface area (TPSA) is 35.2 Å². The van der Waals surface area contributed by atoms with Crippen LogP contribution in [0.2, 0.25) is 0 Å². The van der Waals surface area contributed by atoms with E-state index in [1.165, 1.54) is 0 Å². The van der Waals surface area contributed by atoms with Crippen LogP contribution in [0.15, 0.2) is 45.3 Å². The molecule has 2 nitrogen and oxygen atoms in total. The third-order valence-corrected chi connectivity index (χ3v) is 3.32. The molecule has 0 fully saturated rings. The van der Waals surface area contributed by atoms with Crippen LogP contribution in [0.4, 0.5) is 5.69 Å². The Bertz CT molecular complexity index is 555. The average Bonchev–Trinajstić information content (AvgIpc) is 2.27. The maximum absolute atomic E-state index is 5.86. The highest BCUT2D eigenvalue weighted by Crippen LogP contribution is 2.32. The third-order valence-electron chi connectivity index (χ3n) is 2.33. The van der Waals surface area contributed by atoms with Crippen LogP contribution in [-0.4, -0.2) is 0 Å². The molecule has 0 amide bonds. The number of nitrogens with two attached hydrogens (primary N) is 1. The van der Waals surface area contributed by atoms with Crippen LogP contribution in [-0.2, 0) is 0 Å². The van der Waals surface area contributed by atoms with E-state index in [1.54, 1.807) is 0 Å². The molecule has 17 heavy (non-hydrogen) atoms. The van der Waals surface area contributed by atoms with Crippen molar-refractivity contribution in [2.75, 3.05) is 5.73 Å². The largest absolute Gasteiger partial charge is 0.455 e. The molecular formula is C13H11Br2NO. The fourth-order valence-corrected chi connectivity index (χ4v) is 2.26. The summed E-state index contributed by atoms with van der Waals surface area (Å²) in [4.78, 5) is 0. The molecule has 0 saturated carbocycles. The number of anilines is 1. The molecule has 0 saturated heterocycles. The third kappa shape index (κ3) is 3.01. The van der Waals surface area contributed by atoms with E-state index in [9.17, 15) is 0 Å². The summed E-state index contributed by atoms with van der Waals surface area (Å²) in [5.74, 6) is 1.46. The van der Waals surface area contributed by atoms with E-state index in [0.29, 0.717) is 11.4 Å². The summed E-state index contributed by atoms with van der Waals surface area (Å²) in [6.45, 7) is 1.99. The molecule has 0 aliphatic carbocycles. The van der Waals surface area contributed by atoms with E-state index in [1.807, 2.05) is 43.3 Å². The van der Waals surface area contributed by atoms with Crippen LogP contribution in [0, 0.1) is 6.92 Å². The predicted molar refractivity (Wildman–Crippen MR) is 77.5 cm³/mol. The van der Waals surface area contributed by atoms with Gasteiger partial charge in [-0.2, -0.15) is 0 Å². The van der Waals surface area contributed by atoms with Crippen molar-refractivity contribution in [3.8, 4) is 11.5 Å². The van der Waals surface area contributed by atoms with Crippen molar-refractivity contribution in [2.45, 2.75) is 6.92 Å². The predicted octanol–water partition coefficient (Wildman–Crippen LogP) is 4.89. The molecule has 88 valence electrons. The lowest BCUT2D eigenvalue weighted by atomic mass is 10.2. The normalized spacial score (nSPS) is 10.3. The Kier molecular flexibility index (Phi) is 3.74. The summed E-state index contributed by atoms with van der Waals surface area (Å²) in [6.07, 6.45) is 0. The van der Waals surface area contributed by atoms with E-state index in [0.717, 1.165) is 20.3 Å².